The molecular weight excluding hydrogens is 707 g/mol. The number of carbonyl (C=O) groups is 1. The molecule has 0 spiro atoms. The molecule has 5 aromatic rings. The monoisotopic (exact) mass is 742 g/mol. The van der Waals surface area contributed by atoms with Gasteiger partial charge in [-0.2, -0.15) is 23.3 Å². The van der Waals surface area contributed by atoms with Crippen LogP contribution in [0.5, 0.6) is 0 Å². The minimum absolute atomic E-state index is 0.00267. The fourth-order valence-corrected chi connectivity index (χ4v) is 8.43. The van der Waals surface area contributed by atoms with Gasteiger partial charge in [0.2, 0.25) is 0 Å². The molecule has 1 amide bonds. The van der Waals surface area contributed by atoms with Crippen LogP contribution in [0.4, 0.5) is 38.3 Å². The number of alkyl halides is 3. The summed E-state index contributed by atoms with van der Waals surface area (Å²) in [4.78, 5) is 39.3. The number of ether oxygens (including phenoxy) is 1. The number of piperazine rings is 1. The first-order valence-corrected chi connectivity index (χ1v) is 17.5. The third-order valence-electron chi connectivity index (χ3n) is 9.20. The molecule has 1 saturated heterocycles. The van der Waals surface area contributed by atoms with Gasteiger partial charge in [0.15, 0.2) is 5.65 Å². The molecule has 0 bridgehead atoms. The van der Waals surface area contributed by atoms with E-state index in [1.807, 2.05) is 6.07 Å². The van der Waals surface area contributed by atoms with Crippen molar-refractivity contribution in [2.75, 3.05) is 29.5 Å². The summed E-state index contributed by atoms with van der Waals surface area (Å²) in [7, 11) is 0. The molecule has 3 atom stereocenters. The van der Waals surface area contributed by atoms with Crippen LogP contribution in [0, 0.1) is 11.6 Å². The Balaban J connectivity index is 1.46. The van der Waals surface area contributed by atoms with E-state index in [4.69, 9.17) is 10.5 Å². The highest BCUT2D eigenvalue weighted by Gasteiger charge is 2.41. The number of pyridine rings is 1. The summed E-state index contributed by atoms with van der Waals surface area (Å²) in [6.45, 7) is 9.00. The highest BCUT2D eigenvalue weighted by molar-refractivity contribution is 7.99. The van der Waals surface area contributed by atoms with Gasteiger partial charge in [-0.15, -0.1) is 11.8 Å². The molecule has 2 N–H and O–H groups in total. The standard InChI is InChI=1S/C35H35F5N8O3S/c1-17-13-45(14-18(2)47(17)33(50)51-34(3,4)5)31-22-9-23(35(38,39)40)27(21-10-26(41)25(37)11-24(21)36)29-28(22)46(32(49)44-31)15-20(16-52-29)48-30-19(12-43-48)7-6-8-42-30/h6-12,17-18,20H,13-16,41H2,1-5H3/t17-,18-,20+/m1/s1. The largest absolute Gasteiger partial charge is 0.444 e. The number of hydrogen-bond donors (Lipinski definition) is 1. The number of nitrogen functional groups attached to an aromatic ring is 1. The lowest BCUT2D eigenvalue weighted by molar-refractivity contribution is -0.137. The number of nitrogens with two attached hydrogens (primary N) is 1. The summed E-state index contributed by atoms with van der Waals surface area (Å²) in [5.41, 5.74) is 2.01. The molecule has 274 valence electrons. The SMILES string of the molecule is C[C@@H]1CN(c2nc(=O)n3c4c(c(-c5cc(N)c(F)cc5F)c(C(F)(F)F)cc24)SC[C@@H](n2ncc4cccnc42)C3)C[C@@H](C)N1C(=O)OC(C)(C)C. The second kappa shape index (κ2) is 12.6. The molecule has 2 aromatic carbocycles. The number of hydrogen-bond acceptors (Lipinski definition) is 9. The second-order valence-corrected chi connectivity index (χ2v) is 15.2. The quantitative estimate of drug-likeness (QED) is 0.156. The lowest BCUT2D eigenvalue weighted by Crippen LogP contribution is -2.59. The van der Waals surface area contributed by atoms with Gasteiger partial charge < -0.3 is 15.4 Å². The van der Waals surface area contributed by atoms with E-state index in [0.29, 0.717) is 11.7 Å². The van der Waals surface area contributed by atoms with Gasteiger partial charge in [0.1, 0.15) is 23.1 Å². The summed E-state index contributed by atoms with van der Waals surface area (Å²) in [5, 5.41) is 5.22. The van der Waals surface area contributed by atoms with Crippen LogP contribution in [0.3, 0.4) is 0 Å². The number of halogens is 5. The molecule has 52 heavy (non-hydrogen) atoms. The maximum Gasteiger partial charge on any atom is 0.417 e. The van der Waals surface area contributed by atoms with Crippen LogP contribution >= 0.6 is 11.8 Å². The Hall–Kier alpha value is -4.93. The summed E-state index contributed by atoms with van der Waals surface area (Å²) in [6, 6.07) is 4.15. The van der Waals surface area contributed by atoms with E-state index < -0.39 is 75.7 Å². The molecule has 3 aromatic heterocycles. The van der Waals surface area contributed by atoms with Gasteiger partial charge in [-0.3, -0.25) is 9.47 Å². The van der Waals surface area contributed by atoms with Crippen LogP contribution in [-0.4, -0.2) is 71.8 Å². The Morgan fingerprint density at radius 1 is 1.04 bits per heavy atom. The molecule has 2 aliphatic rings. The van der Waals surface area contributed by atoms with E-state index in [0.717, 1.165) is 29.3 Å². The first-order valence-electron chi connectivity index (χ1n) is 16.5. The topological polar surface area (TPSA) is 124 Å². The Morgan fingerprint density at radius 3 is 2.42 bits per heavy atom. The van der Waals surface area contributed by atoms with E-state index in [1.165, 1.54) is 4.57 Å². The molecule has 2 aliphatic heterocycles. The Kier molecular flexibility index (Phi) is 8.62. The number of carbonyl (C=O) groups excluding carboxylic acids is 1. The van der Waals surface area contributed by atoms with Crippen molar-refractivity contribution in [2.24, 2.45) is 0 Å². The Morgan fingerprint density at radius 2 is 1.75 bits per heavy atom. The zero-order valence-electron chi connectivity index (χ0n) is 28.8. The van der Waals surface area contributed by atoms with Gasteiger partial charge in [0.05, 0.1) is 47.6 Å². The highest BCUT2D eigenvalue weighted by atomic mass is 32.2. The minimum Gasteiger partial charge on any atom is -0.444 e. The van der Waals surface area contributed by atoms with Crippen molar-refractivity contribution in [1.82, 2.24) is 29.2 Å². The molecule has 5 heterocycles. The lowest BCUT2D eigenvalue weighted by Gasteiger charge is -2.45. The molecule has 7 rings (SSSR count). The molecule has 0 aliphatic carbocycles. The van der Waals surface area contributed by atoms with Crippen LogP contribution < -0.4 is 16.3 Å². The molecular formula is C35H35F5N8O3S. The number of anilines is 2. The average Bonchev–Trinajstić information content (AvgIpc) is 3.37. The first-order chi connectivity index (χ1) is 24.4. The van der Waals surface area contributed by atoms with Crippen LogP contribution in [0.2, 0.25) is 0 Å². The number of thioether (sulfide) groups is 1. The van der Waals surface area contributed by atoms with Crippen molar-refractivity contribution in [3.63, 3.8) is 0 Å². The molecule has 17 heteroatoms. The van der Waals surface area contributed by atoms with Crippen molar-refractivity contribution in [3.05, 3.63) is 70.4 Å². The zero-order chi connectivity index (χ0) is 37.4. The molecule has 0 radical (unpaired) electrons. The van der Waals surface area contributed by atoms with Gasteiger partial charge in [-0.05, 0) is 58.9 Å². The van der Waals surface area contributed by atoms with Gasteiger partial charge >= 0.3 is 18.0 Å². The Bertz CT molecular complexity index is 2290. The third kappa shape index (κ3) is 6.17. The maximum atomic E-state index is 15.6. The smallest absolute Gasteiger partial charge is 0.417 e. The summed E-state index contributed by atoms with van der Waals surface area (Å²) < 4.78 is 84.1. The second-order valence-electron chi connectivity index (χ2n) is 14.2. The molecule has 1 fully saturated rings. The maximum absolute atomic E-state index is 15.6. The molecule has 0 saturated carbocycles. The van der Waals surface area contributed by atoms with Gasteiger partial charge in [-0.1, -0.05) is 0 Å². The predicted octanol–water partition coefficient (Wildman–Crippen LogP) is 6.87. The van der Waals surface area contributed by atoms with E-state index in [2.05, 4.69) is 15.1 Å². The Labute approximate surface area is 298 Å². The molecule has 0 unspecified atom stereocenters. The van der Waals surface area contributed by atoms with Crippen LogP contribution in [0.25, 0.3) is 33.1 Å². The summed E-state index contributed by atoms with van der Waals surface area (Å²) >= 11 is 0.997. The predicted molar refractivity (Wildman–Crippen MR) is 187 cm³/mol. The van der Waals surface area contributed by atoms with Crippen LogP contribution in [-0.2, 0) is 17.5 Å². The molecule has 11 nitrogen and oxygen atoms in total. The minimum atomic E-state index is -5.03. The highest BCUT2D eigenvalue weighted by Crippen LogP contribution is 2.50. The van der Waals surface area contributed by atoms with Crippen molar-refractivity contribution in [3.8, 4) is 11.1 Å². The van der Waals surface area contributed by atoms with Crippen molar-refractivity contribution >= 4 is 51.3 Å². The summed E-state index contributed by atoms with van der Waals surface area (Å²) in [6.07, 6.45) is -2.38. The fourth-order valence-electron chi connectivity index (χ4n) is 7.10. The van der Waals surface area contributed by atoms with E-state index in [9.17, 15) is 14.0 Å². The average molecular weight is 743 g/mol. The number of aromatic nitrogens is 5. The lowest BCUT2D eigenvalue weighted by atomic mass is 9.95. The normalized spacial score (nSPS) is 19.7. The van der Waals surface area contributed by atoms with Gasteiger partial charge in [-0.25, -0.2) is 28.0 Å². The zero-order valence-corrected chi connectivity index (χ0v) is 29.6. The third-order valence-corrected chi connectivity index (χ3v) is 10.4. The van der Waals surface area contributed by atoms with E-state index >= 15 is 17.6 Å². The van der Waals surface area contributed by atoms with Crippen LogP contribution in [0.1, 0.15) is 46.2 Å². The number of amides is 1. The number of benzene rings is 2. The van der Waals surface area contributed by atoms with Crippen LogP contribution in [0.15, 0.2) is 52.4 Å². The van der Waals surface area contributed by atoms with Crippen molar-refractivity contribution < 1.29 is 31.5 Å². The van der Waals surface area contributed by atoms with E-state index in [1.54, 1.807) is 67.6 Å². The van der Waals surface area contributed by atoms with Crippen molar-refractivity contribution in [1.29, 1.82) is 0 Å². The van der Waals surface area contributed by atoms with Gasteiger partial charge in [0, 0.05) is 57.9 Å². The van der Waals surface area contributed by atoms with E-state index in [-0.39, 0.29) is 47.0 Å². The first kappa shape index (κ1) is 35.5. The number of fused-ring (bicyclic) bond motifs is 1. The van der Waals surface area contributed by atoms with Gasteiger partial charge in [0.25, 0.3) is 0 Å². The fraction of sp³-hybridized carbons (Fsp3) is 0.400. The summed E-state index contributed by atoms with van der Waals surface area (Å²) in [5.74, 6) is -2.28. The number of nitrogens with zero attached hydrogens (tertiary/aromatic N) is 7. The van der Waals surface area contributed by atoms with Crippen molar-refractivity contribution in [2.45, 2.75) is 76.0 Å². The number of rotatable bonds is 3.